The number of hydrogen-bond donors (Lipinski definition) is 1. The Morgan fingerprint density at radius 2 is 1.90 bits per heavy atom. The first kappa shape index (κ1) is 13.2. The molecule has 21 heavy (non-hydrogen) atoms. The van der Waals surface area contributed by atoms with Crippen LogP contribution in [0.2, 0.25) is 0 Å². The lowest BCUT2D eigenvalue weighted by molar-refractivity contribution is 0.0601. The number of carbonyl (C=O) groups excluding carboxylic acids is 1. The molecule has 0 aliphatic rings. The Balaban J connectivity index is 2.14. The molecule has 0 saturated carbocycles. The number of imidazole rings is 1. The number of fused-ring (bicyclic) bond motifs is 1. The van der Waals surface area contributed by atoms with Crippen molar-refractivity contribution in [3.05, 3.63) is 58.5 Å². The van der Waals surface area contributed by atoms with Crippen LogP contribution in [0.15, 0.2) is 47.3 Å². The maximum absolute atomic E-state index is 11.6. The zero-order valence-electron chi connectivity index (χ0n) is 11.7. The molecule has 0 unspecified atom stereocenters. The minimum absolute atomic E-state index is 0.148. The Kier molecular flexibility index (Phi) is 3.10. The summed E-state index contributed by atoms with van der Waals surface area (Å²) < 4.78 is 6.29. The molecule has 0 amide bonds. The number of nitrogens with zero attached hydrogens (tertiary/aromatic N) is 1. The van der Waals surface area contributed by atoms with Crippen molar-refractivity contribution in [2.45, 2.75) is 0 Å². The molecule has 1 N–H and O–H groups in total. The van der Waals surface area contributed by atoms with Gasteiger partial charge in [-0.1, -0.05) is 18.2 Å². The molecule has 5 nitrogen and oxygen atoms in total. The van der Waals surface area contributed by atoms with Crippen molar-refractivity contribution in [1.29, 1.82) is 0 Å². The van der Waals surface area contributed by atoms with Crippen molar-refractivity contribution in [3.8, 4) is 11.1 Å². The molecule has 106 valence electrons. The molecule has 0 atom stereocenters. The third-order valence-electron chi connectivity index (χ3n) is 3.52. The fraction of sp³-hybridized carbons (Fsp3) is 0.125. The van der Waals surface area contributed by atoms with Crippen LogP contribution >= 0.6 is 0 Å². The monoisotopic (exact) mass is 282 g/mol. The van der Waals surface area contributed by atoms with Crippen LogP contribution in [0.25, 0.3) is 22.2 Å². The van der Waals surface area contributed by atoms with E-state index in [4.69, 9.17) is 4.74 Å². The smallest absolute Gasteiger partial charge is 0.337 e. The molecule has 5 heteroatoms. The van der Waals surface area contributed by atoms with Gasteiger partial charge in [-0.05, 0) is 35.4 Å². The highest BCUT2D eigenvalue weighted by molar-refractivity contribution is 5.91. The summed E-state index contributed by atoms with van der Waals surface area (Å²) in [6, 6.07) is 12.9. The number of aromatic nitrogens is 2. The Morgan fingerprint density at radius 3 is 2.67 bits per heavy atom. The fourth-order valence-corrected chi connectivity index (χ4v) is 2.35. The van der Waals surface area contributed by atoms with Gasteiger partial charge in [-0.15, -0.1) is 0 Å². The third kappa shape index (κ3) is 2.23. The molecule has 3 rings (SSSR count). The molecule has 0 aliphatic carbocycles. The lowest BCUT2D eigenvalue weighted by Gasteiger charge is -2.05. The van der Waals surface area contributed by atoms with Crippen LogP contribution in [0.5, 0.6) is 0 Å². The summed E-state index contributed by atoms with van der Waals surface area (Å²) in [5.74, 6) is -0.369. The Hall–Kier alpha value is -2.82. The number of H-pyrrole nitrogens is 1. The van der Waals surface area contributed by atoms with Crippen LogP contribution < -0.4 is 5.69 Å². The summed E-state index contributed by atoms with van der Waals surface area (Å²) in [6.07, 6.45) is 0. The zero-order valence-corrected chi connectivity index (χ0v) is 11.7. The van der Waals surface area contributed by atoms with E-state index in [0.717, 1.165) is 22.2 Å². The Bertz CT molecular complexity index is 890. The second-order valence-electron chi connectivity index (χ2n) is 4.79. The molecular formula is C16H14N2O3. The van der Waals surface area contributed by atoms with Crippen molar-refractivity contribution >= 4 is 17.0 Å². The SMILES string of the molecule is COC(=O)c1cccc(-c2ccc3[nH]c(=O)n(C)c3c2)c1. The number of ether oxygens (including phenoxy) is 1. The minimum atomic E-state index is -0.369. The lowest BCUT2D eigenvalue weighted by atomic mass is 10.0. The van der Waals surface area contributed by atoms with Crippen molar-refractivity contribution < 1.29 is 9.53 Å². The van der Waals surface area contributed by atoms with Crippen molar-refractivity contribution in [2.24, 2.45) is 7.05 Å². The van der Waals surface area contributed by atoms with E-state index in [0.29, 0.717) is 5.56 Å². The molecule has 0 fully saturated rings. The van der Waals surface area contributed by atoms with E-state index >= 15 is 0 Å². The van der Waals surface area contributed by atoms with E-state index in [1.54, 1.807) is 23.7 Å². The Labute approximate surface area is 120 Å². The molecule has 0 saturated heterocycles. The van der Waals surface area contributed by atoms with Crippen LogP contribution in [0.3, 0.4) is 0 Å². The highest BCUT2D eigenvalue weighted by atomic mass is 16.5. The lowest BCUT2D eigenvalue weighted by Crippen LogP contribution is -2.11. The topological polar surface area (TPSA) is 64.1 Å². The molecule has 0 aliphatic heterocycles. The van der Waals surface area contributed by atoms with Gasteiger partial charge in [0.25, 0.3) is 0 Å². The van der Waals surface area contributed by atoms with E-state index in [-0.39, 0.29) is 11.7 Å². The van der Waals surface area contributed by atoms with Gasteiger partial charge in [-0.3, -0.25) is 4.57 Å². The van der Waals surface area contributed by atoms with Gasteiger partial charge in [0.15, 0.2) is 0 Å². The second-order valence-corrected chi connectivity index (χ2v) is 4.79. The van der Waals surface area contributed by atoms with Gasteiger partial charge in [0.1, 0.15) is 0 Å². The number of rotatable bonds is 2. The zero-order chi connectivity index (χ0) is 15.0. The number of methoxy groups -OCH3 is 1. The summed E-state index contributed by atoms with van der Waals surface area (Å²) >= 11 is 0. The van der Waals surface area contributed by atoms with E-state index in [2.05, 4.69) is 4.98 Å². The number of benzene rings is 2. The van der Waals surface area contributed by atoms with Crippen molar-refractivity contribution in [1.82, 2.24) is 9.55 Å². The minimum Gasteiger partial charge on any atom is -0.465 e. The van der Waals surface area contributed by atoms with Crippen LogP contribution in [0.1, 0.15) is 10.4 Å². The van der Waals surface area contributed by atoms with Gasteiger partial charge in [-0.2, -0.15) is 0 Å². The van der Waals surface area contributed by atoms with Gasteiger partial charge < -0.3 is 9.72 Å². The first-order valence-corrected chi connectivity index (χ1v) is 6.47. The highest BCUT2D eigenvalue weighted by Crippen LogP contribution is 2.24. The summed E-state index contributed by atoms with van der Waals surface area (Å²) in [4.78, 5) is 26.0. The predicted octanol–water partition coefficient (Wildman–Crippen LogP) is 2.32. The van der Waals surface area contributed by atoms with Gasteiger partial charge in [0, 0.05) is 7.05 Å². The molecule has 2 aromatic carbocycles. The number of nitrogens with one attached hydrogen (secondary N) is 1. The highest BCUT2D eigenvalue weighted by Gasteiger charge is 2.09. The number of hydrogen-bond acceptors (Lipinski definition) is 3. The van der Waals surface area contributed by atoms with E-state index in [9.17, 15) is 9.59 Å². The van der Waals surface area contributed by atoms with E-state index in [1.807, 2.05) is 30.3 Å². The van der Waals surface area contributed by atoms with Crippen molar-refractivity contribution in [3.63, 3.8) is 0 Å². The molecule has 0 radical (unpaired) electrons. The van der Waals surface area contributed by atoms with Gasteiger partial charge in [0.05, 0.1) is 23.7 Å². The van der Waals surface area contributed by atoms with E-state index in [1.165, 1.54) is 7.11 Å². The largest absolute Gasteiger partial charge is 0.465 e. The number of aryl methyl sites for hydroxylation is 1. The molecular weight excluding hydrogens is 268 g/mol. The molecule has 1 heterocycles. The third-order valence-corrected chi connectivity index (χ3v) is 3.52. The standard InChI is InChI=1S/C16H14N2O3/c1-18-14-9-11(6-7-13(14)17-16(18)20)10-4-3-5-12(8-10)15(19)21-2/h3-9H,1-2H3,(H,17,20). The fourth-order valence-electron chi connectivity index (χ4n) is 2.35. The van der Waals surface area contributed by atoms with Crippen LogP contribution in [0, 0.1) is 0 Å². The number of aromatic amines is 1. The number of carbonyl (C=O) groups is 1. The summed E-state index contributed by atoms with van der Waals surface area (Å²) in [5.41, 5.74) is 3.79. The molecule has 0 bridgehead atoms. The molecule has 3 aromatic rings. The number of esters is 1. The van der Waals surface area contributed by atoms with Gasteiger partial charge >= 0.3 is 11.7 Å². The van der Waals surface area contributed by atoms with Gasteiger partial charge in [-0.25, -0.2) is 9.59 Å². The average molecular weight is 282 g/mol. The summed E-state index contributed by atoms with van der Waals surface area (Å²) in [6.45, 7) is 0. The summed E-state index contributed by atoms with van der Waals surface area (Å²) in [5, 5.41) is 0. The maximum atomic E-state index is 11.6. The molecule has 0 spiro atoms. The molecule has 1 aromatic heterocycles. The second kappa shape index (κ2) is 4.94. The van der Waals surface area contributed by atoms with Gasteiger partial charge in [0.2, 0.25) is 0 Å². The Morgan fingerprint density at radius 1 is 1.14 bits per heavy atom. The first-order chi connectivity index (χ1) is 10.1. The van der Waals surface area contributed by atoms with Crippen LogP contribution in [-0.4, -0.2) is 22.6 Å². The first-order valence-electron chi connectivity index (χ1n) is 6.47. The maximum Gasteiger partial charge on any atom is 0.337 e. The van der Waals surface area contributed by atoms with Crippen LogP contribution in [0.4, 0.5) is 0 Å². The predicted molar refractivity (Wildman–Crippen MR) is 80.3 cm³/mol. The van der Waals surface area contributed by atoms with Crippen molar-refractivity contribution in [2.75, 3.05) is 7.11 Å². The summed E-state index contributed by atoms with van der Waals surface area (Å²) in [7, 11) is 3.08. The average Bonchev–Trinajstić information content (AvgIpc) is 2.81. The van der Waals surface area contributed by atoms with E-state index < -0.39 is 0 Å². The normalized spacial score (nSPS) is 10.8. The quantitative estimate of drug-likeness (QED) is 0.734. The van der Waals surface area contributed by atoms with Crippen LogP contribution in [-0.2, 0) is 11.8 Å².